The summed E-state index contributed by atoms with van der Waals surface area (Å²) < 4.78 is 10.5. The molecule has 0 aliphatic heterocycles. The molecule has 2 aromatic carbocycles. The highest BCUT2D eigenvalue weighted by Gasteiger charge is 2.11. The van der Waals surface area contributed by atoms with Crippen LogP contribution in [0.4, 0.5) is 0 Å². The molecule has 0 heterocycles. The van der Waals surface area contributed by atoms with Crippen molar-refractivity contribution in [3.05, 3.63) is 59.2 Å². The topological polar surface area (TPSA) is 35.5 Å². The van der Waals surface area contributed by atoms with E-state index in [4.69, 9.17) is 9.47 Å². The predicted octanol–water partition coefficient (Wildman–Crippen LogP) is 3.69. The van der Waals surface area contributed by atoms with E-state index in [1.807, 2.05) is 18.2 Å². The van der Waals surface area contributed by atoms with Gasteiger partial charge in [-0.15, -0.1) is 0 Å². The second kappa shape index (κ2) is 7.48. The van der Waals surface area contributed by atoms with Gasteiger partial charge in [-0.25, -0.2) is 0 Å². The number of carbonyl (C=O) groups excluding carboxylic acids is 1. The first-order chi connectivity index (χ1) is 10.3. The molecule has 21 heavy (non-hydrogen) atoms. The summed E-state index contributed by atoms with van der Waals surface area (Å²) in [5.74, 6) is 1.14. The normalized spacial score (nSPS) is 10.2. The SMILES string of the molecule is COc1cc(CCCc2ccccc2)cc(OC)c1C=O. The maximum atomic E-state index is 11.1. The van der Waals surface area contributed by atoms with Crippen molar-refractivity contribution >= 4 is 6.29 Å². The van der Waals surface area contributed by atoms with E-state index in [9.17, 15) is 4.79 Å². The van der Waals surface area contributed by atoms with Crippen molar-refractivity contribution in [3.8, 4) is 11.5 Å². The van der Waals surface area contributed by atoms with Crippen LogP contribution in [0.25, 0.3) is 0 Å². The second-order valence-electron chi connectivity index (χ2n) is 4.87. The van der Waals surface area contributed by atoms with Gasteiger partial charge >= 0.3 is 0 Å². The summed E-state index contributed by atoms with van der Waals surface area (Å²) in [4.78, 5) is 11.1. The number of ether oxygens (including phenoxy) is 2. The Hall–Kier alpha value is -2.29. The first-order valence-electron chi connectivity index (χ1n) is 7.02. The minimum Gasteiger partial charge on any atom is -0.496 e. The number of aryl methyl sites for hydroxylation is 2. The zero-order valence-corrected chi connectivity index (χ0v) is 12.5. The van der Waals surface area contributed by atoms with Crippen LogP contribution in [0.5, 0.6) is 11.5 Å². The Morgan fingerprint density at radius 3 is 2.00 bits per heavy atom. The Balaban J connectivity index is 2.08. The molecule has 0 aliphatic rings. The van der Waals surface area contributed by atoms with Gasteiger partial charge in [0.25, 0.3) is 0 Å². The van der Waals surface area contributed by atoms with Crippen LogP contribution in [-0.2, 0) is 12.8 Å². The highest BCUT2D eigenvalue weighted by Crippen LogP contribution is 2.29. The van der Waals surface area contributed by atoms with Gasteiger partial charge < -0.3 is 9.47 Å². The molecule has 2 aromatic rings. The Bertz CT molecular complexity index is 566. The maximum absolute atomic E-state index is 11.1. The number of hydrogen-bond donors (Lipinski definition) is 0. The van der Waals surface area contributed by atoms with E-state index in [1.54, 1.807) is 14.2 Å². The van der Waals surface area contributed by atoms with Crippen LogP contribution in [0, 0.1) is 0 Å². The fraction of sp³-hybridized carbons (Fsp3) is 0.278. The summed E-state index contributed by atoms with van der Waals surface area (Å²) in [5, 5.41) is 0. The van der Waals surface area contributed by atoms with Gasteiger partial charge in [0, 0.05) is 0 Å². The van der Waals surface area contributed by atoms with E-state index < -0.39 is 0 Å². The highest BCUT2D eigenvalue weighted by atomic mass is 16.5. The van der Waals surface area contributed by atoms with Crippen molar-refractivity contribution in [3.63, 3.8) is 0 Å². The standard InChI is InChI=1S/C18H20O3/c1-20-17-11-15(12-18(21-2)16(17)13-19)10-6-9-14-7-4-3-5-8-14/h3-5,7-8,11-13H,6,9-10H2,1-2H3. The average molecular weight is 284 g/mol. The third-order valence-corrected chi connectivity index (χ3v) is 3.50. The van der Waals surface area contributed by atoms with E-state index >= 15 is 0 Å². The van der Waals surface area contributed by atoms with Gasteiger partial charge in [-0.3, -0.25) is 4.79 Å². The van der Waals surface area contributed by atoms with Gasteiger partial charge in [-0.2, -0.15) is 0 Å². The summed E-state index contributed by atoms with van der Waals surface area (Å²) in [6.07, 6.45) is 3.75. The molecule has 0 radical (unpaired) electrons. The van der Waals surface area contributed by atoms with Crippen LogP contribution in [-0.4, -0.2) is 20.5 Å². The number of rotatable bonds is 7. The first kappa shape index (κ1) is 15.1. The van der Waals surface area contributed by atoms with Crippen LogP contribution < -0.4 is 9.47 Å². The monoisotopic (exact) mass is 284 g/mol. The van der Waals surface area contributed by atoms with Gasteiger partial charge in [0.1, 0.15) is 11.5 Å². The number of methoxy groups -OCH3 is 2. The average Bonchev–Trinajstić information content (AvgIpc) is 2.54. The second-order valence-corrected chi connectivity index (χ2v) is 4.87. The molecule has 0 saturated carbocycles. The fourth-order valence-corrected chi connectivity index (χ4v) is 2.39. The number of aldehydes is 1. The van der Waals surface area contributed by atoms with E-state index in [1.165, 1.54) is 5.56 Å². The van der Waals surface area contributed by atoms with Crippen LogP contribution in [0.15, 0.2) is 42.5 Å². The summed E-state index contributed by atoms with van der Waals surface area (Å²) >= 11 is 0. The lowest BCUT2D eigenvalue weighted by molar-refractivity contribution is 0.111. The van der Waals surface area contributed by atoms with Gasteiger partial charge in [0.15, 0.2) is 6.29 Å². The molecule has 2 rings (SSSR count). The van der Waals surface area contributed by atoms with Gasteiger partial charge in [-0.1, -0.05) is 30.3 Å². The van der Waals surface area contributed by atoms with Crippen molar-refractivity contribution in [1.82, 2.24) is 0 Å². The molecule has 0 N–H and O–H groups in total. The molecule has 3 heteroatoms. The molecular formula is C18H20O3. The first-order valence-corrected chi connectivity index (χ1v) is 7.02. The molecule has 0 amide bonds. The number of carbonyl (C=O) groups is 1. The van der Waals surface area contributed by atoms with Crippen LogP contribution >= 0.6 is 0 Å². The van der Waals surface area contributed by atoms with E-state index in [2.05, 4.69) is 24.3 Å². The Morgan fingerprint density at radius 1 is 0.905 bits per heavy atom. The summed E-state index contributed by atoms with van der Waals surface area (Å²) in [6, 6.07) is 14.2. The Labute approximate surface area is 125 Å². The highest BCUT2D eigenvalue weighted by molar-refractivity contribution is 5.84. The molecule has 0 aliphatic carbocycles. The predicted molar refractivity (Wildman–Crippen MR) is 83.4 cm³/mol. The molecule has 0 bridgehead atoms. The minimum atomic E-state index is 0.465. The molecule has 0 unspecified atom stereocenters. The van der Waals surface area contributed by atoms with Gasteiger partial charge in [-0.05, 0) is 42.5 Å². The van der Waals surface area contributed by atoms with Crippen molar-refractivity contribution in [2.24, 2.45) is 0 Å². The number of benzene rings is 2. The van der Waals surface area contributed by atoms with Crippen molar-refractivity contribution < 1.29 is 14.3 Å². The van der Waals surface area contributed by atoms with Crippen molar-refractivity contribution in [2.75, 3.05) is 14.2 Å². The lowest BCUT2D eigenvalue weighted by Gasteiger charge is -2.12. The molecule has 0 fully saturated rings. The zero-order valence-electron chi connectivity index (χ0n) is 12.5. The molecule has 0 spiro atoms. The molecule has 3 nitrogen and oxygen atoms in total. The lowest BCUT2D eigenvalue weighted by atomic mass is 10.0. The number of hydrogen-bond acceptors (Lipinski definition) is 3. The van der Waals surface area contributed by atoms with Gasteiger partial charge in [0.2, 0.25) is 0 Å². The van der Waals surface area contributed by atoms with Crippen LogP contribution in [0.1, 0.15) is 27.9 Å². The third-order valence-electron chi connectivity index (χ3n) is 3.50. The summed E-state index contributed by atoms with van der Waals surface area (Å²) in [5.41, 5.74) is 2.91. The van der Waals surface area contributed by atoms with Crippen LogP contribution in [0.3, 0.4) is 0 Å². The minimum absolute atomic E-state index is 0.465. The van der Waals surface area contributed by atoms with E-state index in [-0.39, 0.29) is 0 Å². The molecule has 0 atom stereocenters. The quantitative estimate of drug-likeness (QED) is 0.727. The van der Waals surface area contributed by atoms with E-state index in [0.29, 0.717) is 17.1 Å². The third kappa shape index (κ3) is 3.85. The van der Waals surface area contributed by atoms with Crippen LogP contribution in [0.2, 0.25) is 0 Å². The lowest BCUT2D eigenvalue weighted by Crippen LogP contribution is -1.99. The summed E-state index contributed by atoms with van der Waals surface area (Å²) in [6.45, 7) is 0. The summed E-state index contributed by atoms with van der Waals surface area (Å²) in [7, 11) is 3.13. The Kier molecular flexibility index (Phi) is 5.38. The molecule has 110 valence electrons. The van der Waals surface area contributed by atoms with E-state index in [0.717, 1.165) is 31.1 Å². The van der Waals surface area contributed by atoms with Crippen molar-refractivity contribution in [2.45, 2.75) is 19.3 Å². The zero-order chi connectivity index (χ0) is 15.1. The maximum Gasteiger partial charge on any atom is 0.157 e. The largest absolute Gasteiger partial charge is 0.496 e. The Morgan fingerprint density at radius 2 is 1.48 bits per heavy atom. The smallest absolute Gasteiger partial charge is 0.157 e. The van der Waals surface area contributed by atoms with Gasteiger partial charge in [0.05, 0.1) is 19.8 Å². The molecule has 0 saturated heterocycles. The molecular weight excluding hydrogens is 264 g/mol. The fourth-order valence-electron chi connectivity index (χ4n) is 2.39. The van der Waals surface area contributed by atoms with Crippen molar-refractivity contribution in [1.29, 1.82) is 0 Å². The molecule has 0 aromatic heterocycles.